The molecule has 2 aromatic carbocycles. The second kappa shape index (κ2) is 6.34. The molecule has 0 amide bonds. The minimum Gasteiger partial charge on any atom is -0.497 e. The molecule has 0 saturated heterocycles. The van der Waals surface area contributed by atoms with Crippen LogP contribution in [-0.2, 0) is 4.74 Å². The molecule has 0 radical (unpaired) electrons. The van der Waals surface area contributed by atoms with Crippen molar-refractivity contribution in [3.63, 3.8) is 0 Å². The van der Waals surface area contributed by atoms with E-state index >= 15 is 0 Å². The molecule has 0 aliphatic heterocycles. The van der Waals surface area contributed by atoms with Gasteiger partial charge in [0.25, 0.3) is 0 Å². The molecule has 0 saturated carbocycles. The van der Waals surface area contributed by atoms with Gasteiger partial charge >= 0.3 is 5.97 Å². The fourth-order valence-corrected chi connectivity index (χ4v) is 2.73. The quantitative estimate of drug-likeness (QED) is 0.691. The van der Waals surface area contributed by atoms with Crippen molar-refractivity contribution in [1.82, 2.24) is 0 Å². The molecular weight excluding hydrogens is 274 g/mol. The van der Waals surface area contributed by atoms with Gasteiger partial charge < -0.3 is 15.2 Å². The fraction of sp³-hybridized carbons (Fsp3) is 0.133. The Bertz CT molecular complexity index is 628. The van der Waals surface area contributed by atoms with E-state index in [1.165, 1.54) is 18.9 Å². The van der Waals surface area contributed by atoms with Gasteiger partial charge in [0.15, 0.2) is 0 Å². The summed E-state index contributed by atoms with van der Waals surface area (Å²) in [6, 6.07) is 12.8. The number of hydrogen-bond donors (Lipinski definition) is 1. The Balaban J connectivity index is 2.39. The number of methoxy groups -OCH3 is 2. The van der Waals surface area contributed by atoms with E-state index in [1.807, 2.05) is 24.3 Å². The van der Waals surface area contributed by atoms with Crippen LogP contribution in [0.3, 0.4) is 0 Å². The number of hydrogen-bond acceptors (Lipinski definition) is 5. The Labute approximate surface area is 121 Å². The normalized spacial score (nSPS) is 10.1. The van der Waals surface area contributed by atoms with E-state index in [-0.39, 0.29) is 0 Å². The lowest BCUT2D eigenvalue weighted by atomic mass is 10.2. The van der Waals surface area contributed by atoms with E-state index in [0.717, 1.165) is 10.6 Å². The maximum atomic E-state index is 11.8. The number of carbonyl (C=O) groups is 1. The van der Waals surface area contributed by atoms with E-state index in [4.69, 9.17) is 15.2 Å². The van der Waals surface area contributed by atoms with Crippen LogP contribution in [0.2, 0.25) is 0 Å². The Morgan fingerprint density at radius 2 is 1.90 bits per heavy atom. The van der Waals surface area contributed by atoms with Crippen molar-refractivity contribution < 1.29 is 14.3 Å². The number of nitrogens with two attached hydrogens (primary N) is 1. The van der Waals surface area contributed by atoms with Crippen molar-refractivity contribution in [3.8, 4) is 5.75 Å². The van der Waals surface area contributed by atoms with Gasteiger partial charge in [-0.05, 0) is 30.3 Å². The highest BCUT2D eigenvalue weighted by atomic mass is 32.2. The number of ether oxygens (including phenoxy) is 2. The summed E-state index contributed by atoms with van der Waals surface area (Å²) >= 11 is 1.41. The largest absolute Gasteiger partial charge is 0.497 e. The number of rotatable bonds is 4. The Morgan fingerprint density at radius 3 is 2.60 bits per heavy atom. The third kappa shape index (κ3) is 3.05. The predicted octanol–water partition coefficient (Wildman–Crippen LogP) is 3.22. The Hall–Kier alpha value is -2.14. The van der Waals surface area contributed by atoms with E-state index in [2.05, 4.69) is 0 Å². The summed E-state index contributed by atoms with van der Waals surface area (Å²) in [5.74, 6) is 0.354. The van der Waals surface area contributed by atoms with Crippen LogP contribution >= 0.6 is 11.8 Å². The van der Waals surface area contributed by atoms with Crippen molar-refractivity contribution in [3.05, 3.63) is 48.0 Å². The van der Waals surface area contributed by atoms with Crippen molar-refractivity contribution >= 4 is 23.4 Å². The van der Waals surface area contributed by atoms with Crippen LogP contribution in [0.1, 0.15) is 10.4 Å². The summed E-state index contributed by atoms with van der Waals surface area (Å²) < 4.78 is 9.97. The molecule has 2 N–H and O–H groups in total. The van der Waals surface area contributed by atoms with Gasteiger partial charge in [-0.3, -0.25) is 0 Å². The Morgan fingerprint density at radius 1 is 1.15 bits per heavy atom. The van der Waals surface area contributed by atoms with Gasteiger partial charge in [0.1, 0.15) is 5.75 Å². The maximum Gasteiger partial charge on any atom is 0.339 e. The van der Waals surface area contributed by atoms with E-state index in [1.54, 1.807) is 25.3 Å². The molecule has 20 heavy (non-hydrogen) atoms. The molecule has 0 fully saturated rings. The van der Waals surface area contributed by atoms with Crippen LogP contribution in [0.25, 0.3) is 0 Å². The van der Waals surface area contributed by atoms with Gasteiger partial charge in [0.05, 0.1) is 19.8 Å². The van der Waals surface area contributed by atoms with Gasteiger partial charge in [-0.1, -0.05) is 23.9 Å². The molecule has 0 heterocycles. The van der Waals surface area contributed by atoms with Crippen LogP contribution in [0.15, 0.2) is 52.3 Å². The summed E-state index contributed by atoms with van der Waals surface area (Å²) in [5.41, 5.74) is 6.97. The maximum absolute atomic E-state index is 11.8. The fourth-order valence-electron chi connectivity index (χ4n) is 1.72. The smallest absolute Gasteiger partial charge is 0.339 e. The highest BCUT2D eigenvalue weighted by molar-refractivity contribution is 7.99. The topological polar surface area (TPSA) is 61.5 Å². The number of esters is 1. The van der Waals surface area contributed by atoms with Crippen LogP contribution in [-0.4, -0.2) is 20.2 Å². The molecule has 0 unspecified atom stereocenters. The Kier molecular flexibility index (Phi) is 4.53. The first-order chi connectivity index (χ1) is 9.65. The van der Waals surface area contributed by atoms with Crippen molar-refractivity contribution in [1.29, 1.82) is 0 Å². The number of carbonyl (C=O) groups excluding carboxylic acids is 1. The van der Waals surface area contributed by atoms with Gasteiger partial charge in [0, 0.05) is 15.5 Å². The monoisotopic (exact) mass is 289 g/mol. The summed E-state index contributed by atoms with van der Waals surface area (Å²) in [6.07, 6.45) is 0. The van der Waals surface area contributed by atoms with Crippen molar-refractivity contribution in [2.75, 3.05) is 20.0 Å². The zero-order valence-electron chi connectivity index (χ0n) is 11.3. The molecule has 0 atom stereocenters. The summed E-state index contributed by atoms with van der Waals surface area (Å²) in [6.45, 7) is 0. The summed E-state index contributed by atoms with van der Waals surface area (Å²) in [7, 11) is 2.96. The van der Waals surface area contributed by atoms with Gasteiger partial charge in [0.2, 0.25) is 0 Å². The van der Waals surface area contributed by atoms with Crippen LogP contribution in [0.4, 0.5) is 5.69 Å². The summed E-state index contributed by atoms with van der Waals surface area (Å²) in [5, 5.41) is 0. The van der Waals surface area contributed by atoms with Crippen LogP contribution in [0.5, 0.6) is 5.75 Å². The summed E-state index contributed by atoms with van der Waals surface area (Å²) in [4.78, 5) is 13.4. The highest BCUT2D eigenvalue weighted by Crippen LogP contribution is 2.36. The SMILES string of the molecule is COC(=O)c1cccc(N)c1Sc1cccc(OC)c1. The molecule has 0 spiro atoms. The first kappa shape index (κ1) is 14.3. The molecule has 0 aliphatic carbocycles. The molecule has 0 aromatic heterocycles. The highest BCUT2D eigenvalue weighted by Gasteiger charge is 2.15. The van der Waals surface area contributed by atoms with Gasteiger partial charge in [-0.15, -0.1) is 0 Å². The van der Waals surface area contributed by atoms with Crippen LogP contribution < -0.4 is 10.5 Å². The molecule has 104 valence electrons. The minimum absolute atomic E-state index is 0.400. The van der Waals surface area contributed by atoms with E-state index < -0.39 is 5.97 Å². The minimum atomic E-state index is -0.400. The van der Waals surface area contributed by atoms with Crippen molar-refractivity contribution in [2.45, 2.75) is 9.79 Å². The standard InChI is InChI=1S/C15H15NO3S/c1-18-10-5-3-6-11(9-10)20-14-12(15(17)19-2)7-4-8-13(14)16/h3-9H,16H2,1-2H3. The third-order valence-corrected chi connectivity index (χ3v) is 3.86. The van der Waals surface area contributed by atoms with Gasteiger partial charge in [-0.25, -0.2) is 4.79 Å². The lowest BCUT2D eigenvalue weighted by molar-refractivity contribution is 0.0597. The van der Waals surface area contributed by atoms with Gasteiger partial charge in [-0.2, -0.15) is 0 Å². The average Bonchev–Trinajstić information content (AvgIpc) is 2.48. The van der Waals surface area contributed by atoms with Crippen molar-refractivity contribution in [2.24, 2.45) is 0 Å². The molecule has 2 aromatic rings. The number of nitrogen functional groups attached to an aromatic ring is 1. The molecule has 2 rings (SSSR count). The first-order valence-corrected chi connectivity index (χ1v) is 6.76. The zero-order valence-corrected chi connectivity index (χ0v) is 12.1. The molecule has 0 bridgehead atoms. The molecular formula is C15H15NO3S. The average molecular weight is 289 g/mol. The zero-order chi connectivity index (χ0) is 14.5. The molecule has 5 heteroatoms. The lowest BCUT2D eigenvalue weighted by Crippen LogP contribution is -2.05. The number of anilines is 1. The second-order valence-electron chi connectivity index (χ2n) is 4.00. The third-order valence-electron chi connectivity index (χ3n) is 2.71. The van der Waals surface area contributed by atoms with E-state index in [0.29, 0.717) is 16.1 Å². The predicted molar refractivity (Wildman–Crippen MR) is 79.3 cm³/mol. The second-order valence-corrected chi connectivity index (χ2v) is 5.08. The first-order valence-electron chi connectivity index (χ1n) is 5.94. The number of benzene rings is 2. The van der Waals surface area contributed by atoms with Crippen LogP contribution in [0, 0.1) is 0 Å². The molecule has 4 nitrogen and oxygen atoms in total. The molecule has 0 aliphatic rings. The van der Waals surface area contributed by atoms with E-state index in [9.17, 15) is 4.79 Å². The lowest BCUT2D eigenvalue weighted by Gasteiger charge is -2.11.